The molecule has 0 atom stereocenters. The molecule has 1 aliphatic rings. The van der Waals surface area contributed by atoms with E-state index in [2.05, 4.69) is 5.32 Å². The van der Waals surface area contributed by atoms with Crippen LogP contribution < -0.4 is 5.32 Å². The highest BCUT2D eigenvalue weighted by Gasteiger charge is 2.29. The third-order valence-corrected chi connectivity index (χ3v) is 3.08. The number of hydrogen-bond acceptors (Lipinski definition) is 3. The molecule has 0 heterocycles. The number of benzene rings is 1. The zero-order valence-electron chi connectivity index (χ0n) is 9.86. The van der Waals surface area contributed by atoms with Gasteiger partial charge in [0.15, 0.2) is 0 Å². The summed E-state index contributed by atoms with van der Waals surface area (Å²) >= 11 is 0. The molecule has 3 heteroatoms. The number of phenols is 1. The van der Waals surface area contributed by atoms with Gasteiger partial charge in [0.25, 0.3) is 0 Å². The van der Waals surface area contributed by atoms with Crippen LogP contribution in [0.3, 0.4) is 0 Å². The Kier molecular flexibility index (Phi) is 3.34. The molecule has 2 N–H and O–H groups in total. The van der Waals surface area contributed by atoms with Crippen LogP contribution in [0.1, 0.15) is 25.3 Å². The summed E-state index contributed by atoms with van der Waals surface area (Å²) in [6, 6.07) is 6.20. The lowest BCUT2D eigenvalue weighted by Gasteiger charge is -2.36. The summed E-state index contributed by atoms with van der Waals surface area (Å²) in [6.07, 6.45) is 2.53. The zero-order valence-corrected chi connectivity index (χ0v) is 9.86. The average Bonchev–Trinajstić information content (AvgIpc) is 2.20. The lowest BCUT2D eigenvalue weighted by molar-refractivity contribution is 0.00299. The molecule has 16 heavy (non-hydrogen) atoms. The monoisotopic (exact) mass is 221 g/mol. The second-order valence-electron chi connectivity index (χ2n) is 4.39. The molecule has 0 aliphatic heterocycles. The van der Waals surface area contributed by atoms with Crippen molar-refractivity contribution < 1.29 is 9.84 Å². The number of hydrogen-bond donors (Lipinski definition) is 2. The Hall–Kier alpha value is -1.22. The van der Waals surface area contributed by atoms with Gasteiger partial charge in [-0.25, -0.2) is 0 Å². The molecule has 1 aliphatic carbocycles. The number of ether oxygens (including phenoxy) is 1. The van der Waals surface area contributed by atoms with Crippen molar-refractivity contribution in [3.63, 3.8) is 0 Å². The minimum atomic E-state index is 0.352. The van der Waals surface area contributed by atoms with Crippen LogP contribution in [0.4, 0.5) is 5.69 Å². The summed E-state index contributed by atoms with van der Waals surface area (Å²) in [7, 11) is 0. The van der Waals surface area contributed by atoms with E-state index in [1.54, 1.807) is 6.07 Å². The molecule has 1 saturated carbocycles. The maximum atomic E-state index is 9.58. The number of aromatic hydroxyl groups is 1. The number of rotatable bonds is 4. The van der Waals surface area contributed by atoms with Crippen molar-refractivity contribution in [1.29, 1.82) is 0 Å². The van der Waals surface area contributed by atoms with Gasteiger partial charge in [0.2, 0.25) is 0 Å². The van der Waals surface area contributed by atoms with Gasteiger partial charge in [0, 0.05) is 24.4 Å². The van der Waals surface area contributed by atoms with Crippen LogP contribution in [-0.4, -0.2) is 23.9 Å². The predicted molar refractivity (Wildman–Crippen MR) is 64.9 cm³/mol. The SMILES string of the molecule is CCOC1CC(Nc2ccc(C)c(O)c2)C1. The van der Waals surface area contributed by atoms with Crippen molar-refractivity contribution in [1.82, 2.24) is 0 Å². The lowest BCUT2D eigenvalue weighted by Crippen LogP contribution is -2.40. The molecule has 0 amide bonds. The molecule has 88 valence electrons. The normalized spacial score (nSPS) is 23.9. The maximum absolute atomic E-state index is 9.58. The van der Waals surface area contributed by atoms with E-state index in [4.69, 9.17) is 4.74 Å². The minimum absolute atomic E-state index is 0.352. The standard InChI is InChI=1S/C13H19NO2/c1-3-16-12-6-11(7-12)14-10-5-4-9(2)13(15)8-10/h4-5,8,11-12,14-15H,3,6-7H2,1-2H3. The van der Waals surface area contributed by atoms with Gasteiger partial charge in [-0.05, 0) is 38.3 Å². The van der Waals surface area contributed by atoms with E-state index in [-0.39, 0.29) is 0 Å². The summed E-state index contributed by atoms with van der Waals surface area (Å²) in [5.41, 5.74) is 1.90. The third kappa shape index (κ3) is 2.47. The first kappa shape index (κ1) is 11.3. The van der Waals surface area contributed by atoms with Gasteiger partial charge >= 0.3 is 0 Å². The van der Waals surface area contributed by atoms with Crippen molar-refractivity contribution in [2.24, 2.45) is 0 Å². The first-order valence-electron chi connectivity index (χ1n) is 5.86. The van der Waals surface area contributed by atoms with Crippen LogP contribution in [0, 0.1) is 6.92 Å². The second kappa shape index (κ2) is 4.74. The summed E-state index contributed by atoms with van der Waals surface area (Å²) in [6.45, 7) is 4.72. The first-order valence-corrected chi connectivity index (χ1v) is 5.86. The maximum Gasteiger partial charge on any atom is 0.120 e. The molecule has 1 fully saturated rings. The number of aryl methyl sites for hydroxylation is 1. The van der Waals surface area contributed by atoms with Gasteiger partial charge in [-0.1, -0.05) is 6.07 Å². The van der Waals surface area contributed by atoms with Gasteiger partial charge in [-0.2, -0.15) is 0 Å². The summed E-state index contributed by atoms with van der Waals surface area (Å²) in [5.74, 6) is 0.352. The molecule has 2 rings (SSSR count). The van der Waals surface area contributed by atoms with Gasteiger partial charge in [-0.3, -0.25) is 0 Å². The smallest absolute Gasteiger partial charge is 0.120 e. The molecule has 0 radical (unpaired) electrons. The Balaban J connectivity index is 1.84. The van der Waals surface area contributed by atoms with Gasteiger partial charge in [-0.15, -0.1) is 0 Å². The minimum Gasteiger partial charge on any atom is -0.508 e. The number of nitrogens with one attached hydrogen (secondary N) is 1. The first-order chi connectivity index (χ1) is 7.69. The highest BCUT2D eigenvalue weighted by molar-refractivity contribution is 5.51. The molecular weight excluding hydrogens is 202 g/mol. The Morgan fingerprint density at radius 1 is 1.44 bits per heavy atom. The Labute approximate surface area is 96.4 Å². The van der Waals surface area contributed by atoms with E-state index in [9.17, 15) is 5.11 Å². The largest absolute Gasteiger partial charge is 0.508 e. The van der Waals surface area contributed by atoms with Crippen LogP contribution in [0.5, 0.6) is 5.75 Å². The Morgan fingerprint density at radius 2 is 2.19 bits per heavy atom. The summed E-state index contributed by atoms with van der Waals surface area (Å²) in [5, 5.41) is 13.0. The van der Waals surface area contributed by atoms with Crippen molar-refractivity contribution in [2.75, 3.05) is 11.9 Å². The van der Waals surface area contributed by atoms with Gasteiger partial charge in [0.1, 0.15) is 5.75 Å². The van der Waals surface area contributed by atoms with Crippen LogP contribution in [0.2, 0.25) is 0 Å². The average molecular weight is 221 g/mol. The van der Waals surface area contributed by atoms with E-state index in [1.807, 2.05) is 26.0 Å². The molecule has 0 bridgehead atoms. The van der Waals surface area contributed by atoms with Crippen molar-refractivity contribution >= 4 is 5.69 Å². The van der Waals surface area contributed by atoms with Crippen LogP contribution in [-0.2, 0) is 4.74 Å². The molecule has 0 aromatic heterocycles. The predicted octanol–water partition coefficient (Wildman–Crippen LogP) is 2.68. The highest BCUT2D eigenvalue weighted by Crippen LogP contribution is 2.28. The molecule has 1 aromatic rings. The Morgan fingerprint density at radius 3 is 2.81 bits per heavy atom. The highest BCUT2D eigenvalue weighted by atomic mass is 16.5. The van der Waals surface area contributed by atoms with Gasteiger partial charge in [0.05, 0.1) is 6.10 Å². The lowest BCUT2D eigenvalue weighted by atomic mass is 9.89. The van der Waals surface area contributed by atoms with Crippen LogP contribution in [0.15, 0.2) is 18.2 Å². The zero-order chi connectivity index (χ0) is 11.5. The van der Waals surface area contributed by atoms with E-state index in [0.717, 1.165) is 30.7 Å². The third-order valence-electron chi connectivity index (χ3n) is 3.08. The summed E-state index contributed by atoms with van der Waals surface area (Å²) < 4.78 is 5.50. The number of anilines is 1. The molecular formula is C13H19NO2. The topological polar surface area (TPSA) is 41.5 Å². The number of phenolic OH excluding ortho intramolecular Hbond substituents is 1. The molecule has 0 saturated heterocycles. The van der Waals surface area contributed by atoms with Crippen LogP contribution in [0.25, 0.3) is 0 Å². The molecule has 0 spiro atoms. The van der Waals surface area contributed by atoms with Crippen LogP contribution >= 0.6 is 0 Å². The fourth-order valence-corrected chi connectivity index (χ4v) is 1.99. The Bertz CT molecular complexity index is 359. The summed E-state index contributed by atoms with van der Waals surface area (Å²) in [4.78, 5) is 0. The second-order valence-corrected chi connectivity index (χ2v) is 4.39. The molecule has 0 unspecified atom stereocenters. The molecule has 1 aromatic carbocycles. The van der Waals surface area contributed by atoms with E-state index in [1.165, 1.54) is 0 Å². The van der Waals surface area contributed by atoms with Crippen molar-refractivity contribution in [3.8, 4) is 5.75 Å². The molecule has 3 nitrogen and oxygen atoms in total. The fraction of sp³-hybridized carbons (Fsp3) is 0.538. The van der Waals surface area contributed by atoms with E-state index in [0.29, 0.717) is 17.9 Å². The van der Waals surface area contributed by atoms with Crippen molar-refractivity contribution in [2.45, 2.75) is 38.8 Å². The van der Waals surface area contributed by atoms with Gasteiger partial charge < -0.3 is 15.2 Å². The quantitative estimate of drug-likeness (QED) is 0.821. The fourth-order valence-electron chi connectivity index (χ4n) is 1.99. The van der Waals surface area contributed by atoms with E-state index >= 15 is 0 Å². The van der Waals surface area contributed by atoms with E-state index < -0.39 is 0 Å². The van der Waals surface area contributed by atoms with Crippen molar-refractivity contribution in [3.05, 3.63) is 23.8 Å².